The molecule has 0 aliphatic carbocycles. The topological polar surface area (TPSA) is 9.23 Å². The highest BCUT2D eigenvalue weighted by Gasteiger charge is 2.57. The van der Waals surface area contributed by atoms with Crippen molar-refractivity contribution in [1.29, 1.82) is 0 Å². The highest BCUT2D eigenvalue weighted by atomic mass is 79.9. The van der Waals surface area contributed by atoms with Gasteiger partial charge in [0, 0.05) is 15.4 Å². The highest BCUT2D eigenvalue weighted by molar-refractivity contribution is 9.10. The van der Waals surface area contributed by atoms with Crippen molar-refractivity contribution in [3.8, 4) is 5.75 Å². The number of ether oxygens (including phenoxy) is 1. The van der Waals surface area contributed by atoms with Crippen molar-refractivity contribution in [2.45, 2.75) is 30.7 Å². The summed E-state index contributed by atoms with van der Waals surface area (Å²) >= 11 is 6.51. The maximum Gasteiger partial charge on any atom is 0.314 e. The zero-order valence-corrected chi connectivity index (χ0v) is 12.0. The van der Waals surface area contributed by atoms with Crippen molar-refractivity contribution >= 4 is 31.9 Å². The molecule has 1 heterocycles. The van der Waals surface area contributed by atoms with Crippen LogP contribution in [-0.2, 0) is 11.3 Å². The third-order valence-corrected chi connectivity index (χ3v) is 3.79. The van der Waals surface area contributed by atoms with Gasteiger partial charge in [-0.25, -0.2) is 0 Å². The van der Waals surface area contributed by atoms with E-state index in [2.05, 4.69) is 31.9 Å². The summed E-state index contributed by atoms with van der Waals surface area (Å²) in [4.78, 5) is 0. The lowest BCUT2D eigenvalue weighted by Crippen LogP contribution is -2.39. The smallest absolute Gasteiger partial charge is 0.314 e. The van der Waals surface area contributed by atoms with Crippen LogP contribution in [0.3, 0.4) is 0 Å². The Morgan fingerprint density at radius 3 is 2.50 bits per heavy atom. The Morgan fingerprint density at radius 2 is 1.94 bits per heavy atom. The molecule has 1 aromatic carbocycles. The van der Waals surface area contributed by atoms with Gasteiger partial charge in [-0.05, 0) is 26.0 Å². The lowest BCUT2D eigenvalue weighted by Gasteiger charge is -2.25. The van der Waals surface area contributed by atoms with E-state index in [4.69, 9.17) is 4.74 Å². The fourth-order valence-electron chi connectivity index (χ4n) is 1.75. The molecule has 0 fully saturated rings. The molecule has 1 aromatic rings. The highest BCUT2D eigenvalue weighted by Crippen LogP contribution is 2.53. The summed E-state index contributed by atoms with van der Waals surface area (Å²) in [5.74, 6) is -2.67. The van der Waals surface area contributed by atoms with Gasteiger partial charge >= 0.3 is 5.92 Å². The molecule has 1 aliphatic heterocycles. The molecule has 0 radical (unpaired) electrons. The van der Waals surface area contributed by atoms with Gasteiger partial charge in [0.15, 0.2) is 5.60 Å². The van der Waals surface area contributed by atoms with Crippen molar-refractivity contribution in [1.82, 2.24) is 0 Å². The van der Waals surface area contributed by atoms with Crippen LogP contribution in [0.4, 0.5) is 8.78 Å². The number of hydrogen-bond donors (Lipinski definition) is 0. The normalized spacial score (nSPS) is 20.4. The van der Waals surface area contributed by atoms with Crippen molar-refractivity contribution in [2.24, 2.45) is 0 Å². The van der Waals surface area contributed by atoms with Crippen LogP contribution in [0.5, 0.6) is 5.75 Å². The Hall–Kier alpha value is -0.160. The predicted molar refractivity (Wildman–Crippen MR) is 65.4 cm³/mol. The predicted octanol–water partition coefficient (Wildman–Crippen LogP) is 4.61. The molecular formula is C11H10Br2F2O. The van der Waals surface area contributed by atoms with Gasteiger partial charge in [-0.15, -0.1) is 0 Å². The molecule has 0 bridgehead atoms. The van der Waals surface area contributed by atoms with Gasteiger partial charge in [0.1, 0.15) is 5.75 Å². The summed E-state index contributed by atoms with van der Waals surface area (Å²) in [6, 6.07) is 3.21. The first-order chi connectivity index (χ1) is 7.29. The number of benzene rings is 1. The Morgan fingerprint density at radius 1 is 1.31 bits per heavy atom. The zero-order chi connectivity index (χ0) is 12.1. The number of hydrogen-bond acceptors (Lipinski definition) is 1. The summed E-state index contributed by atoms with van der Waals surface area (Å²) < 4.78 is 34.1. The molecule has 0 amide bonds. The monoisotopic (exact) mass is 354 g/mol. The van der Waals surface area contributed by atoms with Crippen LogP contribution in [0.25, 0.3) is 0 Å². The average molecular weight is 356 g/mol. The van der Waals surface area contributed by atoms with Crippen LogP contribution in [0.1, 0.15) is 25.0 Å². The SMILES string of the molecule is CC1(C)Oc2c(CBr)cc(Br)cc2C1(F)F. The molecule has 5 heteroatoms. The first-order valence-corrected chi connectivity index (χ1v) is 6.67. The van der Waals surface area contributed by atoms with Crippen molar-refractivity contribution in [2.75, 3.05) is 0 Å². The van der Waals surface area contributed by atoms with Gasteiger partial charge < -0.3 is 4.74 Å². The zero-order valence-electron chi connectivity index (χ0n) is 8.78. The minimum absolute atomic E-state index is 0.0404. The van der Waals surface area contributed by atoms with E-state index >= 15 is 0 Å². The molecule has 1 nitrogen and oxygen atoms in total. The maximum atomic E-state index is 14.1. The second-order valence-corrected chi connectivity index (χ2v) is 5.74. The summed E-state index contributed by atoms with van der Waals surface area (Å²) in [5, 5.41) is 0.487. The average Bonchev–Trinajstić information content (AvgIpc) is 2.35. The van der Waals surface area contributed by atoms with Gasteiger partial charge in [-0.3, -0.25) is 0 Å². The van der Waals surface area contributed by atoms with Crippen molar-refractivity contribution in [3.63, 3.8) is 0 Å². The molecule has 0 unspecified atom stereocenters. The first-order valence-electron chi connectivity index (χ1n) is 4.75. The summed E-state index contributed by atoms with van der Waals surface area (Å²) in [7, 11) is 0. The van der Waals surface area contributed by atoms with E-state index in [0.29, 0.717) is 15.6 Å². The quantitative estimate of drug-likeness (QED) is 0.668. The number of rotatable bonds is 1. The number of halogens is 4. The van der Waals surface area contributed by atoms with E-state index in [9.17, 15) is 8.78 Å². The Balaban J connectivity index is 2.68. The molecule has 0 spiro atoms. The van der Waals surface area contributed by atoms with E-state index in [1.54, 1.807) is 6.07 Å². The van der Waals surface area contributed by atoms with Crippen molar-refractivity contribution in [3.05, 3.63) is 27.7 Å². The molecule has 0 aromatic heterocycles. The lowest BCUT2D eigenvalue weighted by atomic mass is 9.96. The Bertz CT molecular complexity index is 444. The Kier molecular flexibility index (Phi) is 2.82. The van der Waals surface area contributed by atoms with Crippen LogP contribution in [0.2, 0.25) is 0 Å². The van der Waals surface area contributed by atoms with Crippen LogP contribution in [0, 0.1) is 0 Å². The maximum absolute atomic E-state index is 14.1. The van der Waals surface area contributed by atoms with Crippen LogP contribution < -0.4 is 4.74 Å². The van der Waals surface area contributed by atoms with Gasteiger partial charge in [-0.2, -0.15) is 8.78 Å². The second-order valence-electron chi connectivity index (χ2n) is 4.26. The van der Waals surface area contributed by atoms with Gasteiger partial charge in [-0.1, -0.05) is 31.9 Å². The van der Waals surface area contributed by atoms with Crippen LogP contribution in [-0.4, -0.2) is 5.60 Å². The van der Waals surface area contributed by atoms with E-state index in [-0.39, 0.29) is 5.56 Å². The lowest BCUT2D eigenvalue weighted by molar-refractivity contribution is -0.127. The molecular weight excluding hydrogens is 346 g/mol. The number of fused-ring (bicyclic) bond motifs is 1. The fourth-order valence-corrected chi connectivity index (χ4v) is 2.67. The summed E-state index contributed by atoms with van der Waals surface area (Å²) in [6.07, 6.45) is 0. The standard InChI is InChI=1S/C11H10Br2F2O/c1-10(2)11(14,15)8-4-7(13)3-6(5-12)9(8)16-10/h3-4H,5H2,1-2H3. The largest absolute Gasteiger partial charge is 0.480 e. The van der Waals surface area contributed by atoms with Gasteiger partial charge in [0.05, 0.1) is 5.56 Å². The third kappa shape index (κ3) is 1.59. The van der Waals surface area contributed by atoms with E-state index in [0.717, 1.165) is 5.56 Å². The van der Waals surface area contributed by atoms with E-state index < -0.39 is 11.5 Å². The molecule has 0 atom stereocenters. The fraction of sp³-hybridized carbons (Fsp3) is 0.455. The second kappa shape index (κ2) is 3.67. The third-order valence-electron chi connectivity index (χ3n) is 2.73. The molecule has 0 saturated heterocycles. The molecule has 0 N–H and O–H groups in total. The van der Waals surface area contributed by atoms with Gasteiger partial charge in [0.2, 0.25) is 0 Å². The van der Waals surface area contributed by atoms with Crippen molar-refractivity contribution < 1.29 is 13.5 Å². The van der Waals surface area contributed by atoms with E-state index in [1.165, 1.54) is 19.9 Å². The molecule has 2 rings (SSSR count). The first kappa shape index (κ1) is 12.3. The molecule has 0 saturated carbocycles. The van der Waals surface area contributed by atoms with E-state index in [1.807, 2.05) is 0 Å². The minimum Gasteiger partial charge on any atom is -0.480 e. The molecule has 88 valence electrons. The molecule has 16 heavy (non-hydrogen) atoms. The summed E-state index contributed by atoms with van der Waals surface area (Å²) in [5.41, 5.74) is -0.802. The number of alkyl halides is 3. The van der Waals surface area contributed by atoms with Gasteiger partial charge in [0.25, 0.3) is 0 Å². The van der Waals surface area contributed by atoms with Crippen LogP contribution >= 0.6 is 31.9 Å². The molecule has 1 aliphatic rings. The minimum atomic E-state index is -2.97. The summed E-state index contributed by atoms with van der Waals surface area (Å²) in [6.45, 7) is 2.80. The Labute approximate surface area is 109 Å². The van der Waals surface area contributed by atoms with Crippen LogP contribution in [0.15, 0.2) is 16.6 Å².